The molecule has 25 heavy (non-hydrogen) atoms. The molecule has 0 fully saturated rings. The number of rotatable bonds is 7. The third-order valence-corrected chi connectivity index (χ3v) is 3.98. The SMILES string of the molecule is CCN(CC)C(=O)c1ccc(NC(=O)CNc2cccc(Cl)c2)cc1. The first-order valence-corrected chi connectivity index (χ1v) is 8.60. The molecule has 2 N–H and O–H groups in total. The average molecular weight is 360 g/mol. The highest BCUT2D eigenvalue weighted by Gasteiger charge is 2.12. The van der Waals surface area contributed by atoms with Gasteiger partial charge in [0.05, 0.1) is 6.54 Å². The van der Waals surface area contributed by atoms with E-state index < -0.39 is 0 Å². The van der Waals surface area contributed by atoms with Crippen LogP contribution in [0.2, 0.25) is 5.02 Å². The van der Waals surface area contributed by atoms with Gasteiger partial charge in [0.1, 0.15) is 0 Å². The van der Waals surface area contributed by atoms with Crippen LogP contribution in [0.1, 0.15) is 24.2 Å². The number of nitrogens with one attached hydrogen (secondary N) is 2. The Labute approximate surface area is 153 Å². The minimum atomic E-state index is -0.178. The van der Waals surface area contributed by atoms with E-state index in [1.54, 1.807) is 41.3 Å². The highest BCUT2D eigenvalue weighted by Crippen LogP contribution is 2.15. The molecule has 0 aliphatic carbocycles. The molecule has 0 saturated carbocycles. The summed E-state index contributed by atoms with van der Waals surface area (Å²) < 4.78 is 0. The van der Waals surface area contributed by atoms with E-state index in [0.29, 0.717) is 29.4 Å². The number of hydrogen-bond acceptors (Lipinski definition) is 3. The van der Waals surface area contributed by atoms with E-state index in [1.165, 1.54) is 0 Å². The molecule has 0 aromatic heterocycles. The summed E-state index contributed by atoms with van der Waals surface area (Å²) in [5.74, 6) is -0.187. The molecule has 0 aliphatic rings. The lowest BCUT2D eigenvalue weighted by molar-refractivity contribution is -0.114. The lowest BCUT2D eigenvalue weighted by Crippen LogP contribution is -2.30. The van der Waals surface area contributed by atoms with Crippen LogP contribution in [-0.4, -0.2) is 36.3 Å². The Kier molecular flexibility index (Phi) is 6.83. The van der Waals surface area contributed by atoms with E-state index in [9.17, 15) is 9.59 Å². The highest BCUT2D eigenvalue weighted by molar-refractivity contribution is 6.30. The molecule has 0 unspecified atom stereocenters. The molecule has 2 amide bonds. The monoisotopic (exact) mass is 359 g/mol. The zero-order valence-corrected chi connectivity index (χ0v) is 15.1. The van der Waals surface area contributed by atoms with Crippen LogP contribution in [0, 0.1) is 0 Å². The van der Waals surface area contributed by atoms with Gasteiger partial charge in [0, 0.05) is 35.1 Å². The van der Waals surface area contributed by atoms with Crippen molar-refractivity contribution in [3.63, 3.8) is 0 Å². The standard InChI is InChI=1S/C19H22ClN3O2/c1-3-23(4-2)19(25)14-8-10-16(11-9-14)22-18(24)13-21-17-7-5-6-15(20)12-17/h5-12,21H,3-4,13H2,1-2H3,(H,22,24). The molecule has 0 spiro atoms. The number of benzene rings is 2. The maximum Gasteiger partial charge on any atom is 0.253 e. The van der Waals surface area contributed by atoms with Crippen molar-refractivity contribution in [3.05, 3.63) is 59.1 Å². The molecular weight excluding hydrogens is 338 g/mol. The van der Waals surface area contributed by atoms with Crippen molar-refractivity contribution in [2.45, 2.75) is 13.8 Å². The summed E-state index contributed by atoms with van der Waals surface area (Å²) in [5.41, 5.74) is 2.04. The number of amides is 2. The topological polar surface area (TPSA) is 61.4 Å². The molecule has 0 atom stereocenters. The molecular formula is C19H22ClN3O2. The second-order valence-electron chi connectivity index (χ2n) is 5.47. The Bertz CT molecular complexity index is 728. The van der Waals surface area contributed by atoms with Crippen molar-refractivity contribution < 1.29 is 9.59 Å². The Balaban J connectivity index is 1.90. The predicted molar refractivity (Wildman–Crippen MR) is 102 cm³/mol. The number of anilines is 2. The van der Waals surface area contributed by atoms with E-state index in [2.05, 4.69) is 10.6 Å². The molecule has 2 aromatic carbocycles. The van der Waals surface area contributed by atoms with Gasteiger partial charge in [-0.15, -0.1) is 0 Å². The van der Waals surface area contributed by atoms with Gasteiger partial charge < -0.3 is 15.5 Å². The van der Waals surface area contributed by atoms with Crippen molar-refractivity contribution >= 4 is 34.8 Å². The average Bonchev–Trinajstić information content (AvgIpc) is 2.61. The summed E-state index contributed by atoms with van der Waals surface area (Å²) in [6.07, 6.45) is 0. The molecule has 0 heterocycles. The number of carbonyl (C=O) groups is 2. The fraction of sp³-hybridized carbons (Fsp3) is 0.263. The number of nitrogens with zero attached hydrogens (tertiary/aromatic N) is 1. The third kappa shape index (κ3) is 5.50. The Morgan fingerprint density at radius 3 is 2.28 bits per heavy atom. The molecule has 0 radical (unpaired) electrons. The third-order valence-electron chi connectivity index (χ3n) is 3.74. The Morgan fingerprint density at radius 1 is 1.00 bits per heavy atom. The summed E-state index contributed by atoms with van der Waals surface area (Å²) in [6, 6.07) is 14.1. The van der Waals surface area contributed by atoms with Crippen LogP contribution in [0.5, 0.6) is 0 Å². The van der Waals surface area contributed by atoms with E-state index >= 15 is 0 Å². The number of hydrogen-bond donors (Lipinski definition) is 2. The van der Waals surface area contributed by atoms with Gasteiger partial charge >= 0.3 is 0 Å². The number of halogens is 1. The fourth-order valence-electron chi connectivity index (χ4n) is 2.38. The van der Waals surface area contributed by atoms with Crippen molar-refractivity contribution in [2.75, 3.05) is 30.3 Å². The summed E-state index contributed by atoms with van der Waals surface area (Å²) >= 11 is 5.90. The van der Waals surface area contributed by atoms with Gasteiger partial charge in [-0.1, -0.05) is 17.7 Å². The zero-order chi connectivity index (χ0) is 18.2. The maximum absolute atomic E-state index is 12.2. The first kappa shape index (κ1) is 18.8. The van der Waals surface area contributed by atoms with Crippen molar-refractivity contribution in [2.24, 2.45) is 0 Å². The van der Waals surface area contributed by atoms with Gasteiger partial charge in [-0.3, -0.25) is 9.59 Å². The van der Waals surface area contributed by atoms with Crippen LogP contribution < -0.4 is 10.6 Å². The van der Waals surface area contributed by atoms with E-state index in [1.807, 2.05) is 26.0 Å². The molecule has 2 rings (SSSR count). The van der Waals surface area contributed by atoms with Gasteiger partial charge in [0.2, 0.25) is 5.91 Å². The summed E-state index contributed by atoms with van der Waals surface area (Å²) in [7, 11) is 0. The van der Waals surface area contributed by atoms with Crippen LogP contribution in [-0.2, 0) is 4.79 Å². The second-order valence-corrected chi connectivity index (χ2v) is 5.90. The van der Waals surface area contributed by atoms with E-state index in [4.69, 9.17) is 11.6 Å². The molecule has 6 heteroatoms. The Hall–Kier alpha value is -2.53. The first-order valence-electron chi connectivity index (χ1n) is 8.22. The van der Waals surface area contributed by atoms with Gasteiger partial charge in [-0.2, -0.15) is 0 Å². The second kappa shape index (κ2) is 9.08. The summed E-state index contributed by atoms with van der Waals surface area (Å²) in [4.78, 5) is 26.0. The summed E-state index contributed by atoms with van der Waals surface area (Å²) in [6.45, 7) is 5.36. The van der Waals surface area contributed by atoms with Crippen molar-refractivity contribution in [1.82, 2.24) is 4.90 Å². The largest absolute Gasteiger partial charge is 0.376 e. The maximum atomic E-state index is 12.2. The molecule has 132 valence electrons. The van der Waals surface area contributed by atoms with Crippen LogP contribution in [0.15, 0.2) is 48.5 Å². The van der Waals surface area contributed by atoms with Crippen LogP contribution in [0.3, 0.4) is 0 Å². The van der Waals surface area contributed by atoms with Gasteiger partial charge in [-0.05, 0) is 56.3 Å². The van der Waals surface area contributed by atoms with Crippen LogP contribution >= 0.6 is 11.6 Å². The summed E-state index contributed by atoms with van der Waals surface area (Å²) in [5, 5.41) is 6.41. The zero-order valence-electron chi connectivity index (χ0n) is 14.4. The van der Waals surface area contributed by atoms with Gasteiger partial charge in [-0.25, -0.2) is 0 Å². The van der Waals surface area contributed by atoms with Crippen molar-refractivity contribution in [3.8, 4) is 0 Å². The van der Waals surface area contributed by atoms with E-state index in [-0.39, 0.29) is 18.4 Å². The Morgan fingerprint density at radius 2 is 1.68 bits per heavy atom. The molecule has 2 aromatic rings. The molecule has 0 aliphatic heterocycles. The van der Waals surface area contributed by atoms with Gasteiger partial charge in [0.15, 0.2) is 0 Å². The predicted octanol–water partition coefficient (Wildman–Crippen LogP) is 3.87. The van der Waals surface area contributed by atoms with Gasteiger partial charge in [0.25, 0.3) is 5.91 Å². The van der Waals surface area contributed by atoms with Crippen molar-refractivity contribution in [1.29, 1.82) is 0 Å². The minimum Gasteiger partial charge on any atom is -0.376 e. The normalized spacial score (nSPS) is 10.2. The highest BCUT2D eigenvalue weighted by atomic mass is 35.5. The quantitative estimate of drug-likeness (QED) is 0.788. The molecule has 0 bridgehead atoms. The smallest absolute Gasteiger partial charge is 0.253 e. The first-order chi connectivity index (χ1) is 12.0. The lowest BCUT2D eigenvalue weighted by atomic mass is 10.1. The number of carbonyl (C=O) groups excluding carboxylic acids is 2. The molecule has 5 nitrogen and oxygen atoms in total. The fourth-order valence-corrected chi connectivity index (χ4v) is 2.57. The van der Waals surface area contributed by atoms with Crippen LogP contribution in [0.4, 0.5) is 11.4 Å². The van der Waals surface area contributed by atoms with Crippen LogP contribution in [0.25, 0.3) is 0 Å². The molecule has 0 saturated heterocycles. The van der Waals surface area contributed by atoms with E-state index in [0.717, 1.165) is 5.69 Å². The minimum absolute atomic E-state index is 0.00880. The lowest BCUT2D eigenvalue weighted by Gasteiger charge is -2.18.